The fraction of sp³-hybridized carbons (Fsp3) is 0.538. The maximum Gasteiger partial charge on any atom is 0.0715 e. The minimum absolute atomic E-state index is 0.248. The third-order valence-corrected chi connectivity index (χ3v) is 3.33. The van der Waals surface area contributed by atoms with Crippen molar-refractivity contribution in [1.82, 2.24) is 0 Å². The second kappa shape index (κ2) is 4.74. The van der Waals surface area contributed by atoms with E-state index in [-0.39, 0.29) is 12.1 Å². The van der Waals surface area contributed by atoms with Gasteiger partial charge in [0.05, 0.1) is 12.1 Å². The molecule has 88 valence electrons. The molecule has 1 heterocycles. The van der Waals surface area contributed by atoms with Gasteiger partial charge in [0.1, 0.15) is 0 Å². The van der Waals surface area contributed by atoms with Crippen LogP contribution in [0.3, 0.4) is 0 Å². The molecule has 2 atom stereocenters. The van der Waals surface area contributed by atoms with Gasteiger partial charge in [-0.25, -0.2) is 0 Å². The zero-order valence-electron chi connectivity index (χ0n) is 9.76. The van der Waals surface area contributed by atoms with Crippen LogP contribution in [-0.2, 0) is 0 Å². The van der Waals surface area contributed by atoms with Crippen molar-refractivity contribution in [3.8, 4) is 0 Å². The van der Waals surface area contributed by atoms with Crippen LogP contribution >= 0.6 is 0 Å². The number of hydrogen-bond acceptors (Lipinski definition) is 3. The standard InChI is InChI=1S/C13H20N2O/c1-10(16)13-4-2-3-9-15(13)12-7-5-11(14)6-8-12/h5-8,10,13,16H,2-4,9,14H2,1H3/t10-,13-/m1/s1. The predicted octanol–water partition coefficient (Wildman–Crippen LogP) is 2.01. The molecule has 0 saturated carbocycles. The second-order valence-electron chi connectivity index (χ2n) is 4.59. The zero-order valence-corrected chi connectivity index (χ0v) is 9.76. The topological polar surface area (TPSA) is 49.5 Å². The molecule has 1 saturated heterocycles. The van der Waals surface area contributed by atoms with E-state index in [0.717, 1.165) is 18.7 Å². The van der Waals surface area contributed by atoms with E-state index in [1.807, 2.05) is 31.2 Å². The van der Waals surface area contributed by atoms with Gasteiger partial charge in [-0.2, -0.15) is 0 Å². The molecule has 1 aliphatic rings. The van der Waals surface area contributed by atoms with Gasteiger partial charge in [-0.3, -0.25) is 0 Å². The smallest absolute Gasteiger partial charge is 0.0715 e. The number of piperidine rings is 1. The van der Waals surface area contributed by atoms with Crippen molar-refractivity contribution in [1.29, 1.82) is 0 Å². The molecule has 2 rings (SSSR count). The Kier molecular flexibility index (Phi) is 3.34. The molecule has 0 aromatic heterocycles. The highest BCUT2D eigenvalue weighted by atomic mass is 16.3. The Bertz CT molecular complexity index is 334. The Morgan fingerprint density at radius 1 is 1.31 bits per heavy atom. The molecule has 0 radical (unpaired) electrons. The van der Waals surface area contributed by atoms with Crippen molar-refractivity contribution >= 4 is 11.4 Å². The number of nitrogen functional groups attached to an aromatic ring is 1. The first-order chi connectivity index (χ1) is 7.68. The molecular weight excluding hydrogens is 200 g/mol. The molecule has 1 fully saturated rings. The molecule has 0 bridgehead atoms. The molecule has 1 aromatic rings. The second-order valence-corrected chi connectivity index (χ2v) is 4.59. The lowest BCUT2D eigenvalue weighted by molar-refractivity contribution is 0.145. The number of nitrogens with zero attached hydrogens (tertiary/aromatic N) is 1. The van der Waals surface area contributed by atoms with Crippen LogP contribution in [-0.4, -0.2) is 23.8 Å². The number of nitrogens with two attached hydrogens (primary N) is 1. The summed E-state index contributed by atoms with van der Waals surface area (Å²) in [6.45, 7) is 2.90. The Labute approximate surface area is 96.9 Å². The minimum atomic E-state index is -0.280. The highest BCUT2D eigenvalue weighted by Crippen LogP contribution is 2.27. The summed E-state index contributed by atoms with van der Waals surface area (Å²) in [6, 6.07) is 8.16. The van der Waals surface area contributed by atoms with Gasteiger partial charge in [0, 0.05) is 17.9 Å². The van der Waals surface area contributed by atoms with Crippen LogP contribution in [0.25, 0.3) is 0 Å². The molecule has 16 heavy (non-hydrogen) atoms. The summed E-state index contributed by atoms with van der Waals surface area (Å²) in [7, 11) is 0. The number of hydrogen-bond donors (Lipinski definition) is 2. The third kappa shape index (κ3) is 2.30. The average molecular weight is 220 g/mol. The van der Waals surface area contributed by atoms with Gasteiger partial charge >= 0.3 is 0 Å². The van der Waals surface area contributed by atoms with Gasteiger partial charge in [0.2, 0.25) is 0 Å². The maximum atomic E-state index is 9.80. The Balaban J connectivity index is 2.19. The third-order valence-electron chi connectivity index (χ3n) is 3.33. The highest BCUT2D eigenvalue weighted by Gasteiger charge is 2.26. The Morgan fingerprint density at radius 3 is 2.62 bits per heavy atom. The highest BCUT2D eigenvalue weighted by molar-refractivity contribution is 5.54. The summed E-state index contributed by atoms with van der Waals surface area (Å²) < 4.78 is 0. The normalized spacial score (nSPS) is 23.1. The van der Waals surface area contributed by atoms with Crippen molar-refractivity contribution in [3.05, 3.63) is 24.3 Å². The summed E-state index contributed by atoms with van der Waals surface area (Å²) in [6.07, 6.45) is 3.20. The summed E-state index contributed by atoms with van der Waals surface area (Å²) in [5, 5.41) is 9.80. The fourth-order valence-corrected chi connectivity index (χ4v) is 2.45. The average Bonchev–Trinajstić information content (AvgIpc) is 2.30. The van der Waals surface area contributed by atoms with Crippen LogP contribution < -0.4 is 10.6 Å². The van der Waals surface area contributed by atoms with Crippen LogP contribution in [0.2, 0.25) is 0 Å². The van der Waals surface area contributed by atoms with E-state index in [2.05, 4.69) is 4.90 Å². The molecule has 3 N–H and O–H groups in total. The van der Waals surface area contributed by atoms with Gasteiger partial charge in [0.25, 0.3) is 0 Å². The van der Waals surface area contributed by atoms with Crippen molar-refractivity contribution in [2.75, 3.05) is 17.2 Å². The first-order valence-corrected chi connectivity index (χ1v) is 5.99. The van der Waals surface area contributed by atoms with Crippen LogP contribution in [0, 0.1) is 0 Å². The quantitative estimate of drug-likeness (QED) is 0.750. The van der Waals surface area contributed by atoms with Gasteiger partial charge in [-0.05, 0) is 50.5 Å². The van der Waals surface area contributed by atoms with E-state index in [4.69, 9.17) is 5.73 Å². The number of rotatable bonds is 2. The summed E-state index contributed by atoms with van der Waals surface area (Å²) in [5.41, 5.74) is 7.64. The molecule has 0 amide bonds. The van der Waals surface area contributed by atoms with Crippen LogP contribution in [0.4, 0.5) is 11.4 Å². The van der Waals surface area contributed by atoms with E-state index in [1.54, 1.807) is 0 Å². The molecule has 0 spiro atoms. The number of aliphatic hydroxyl groups excluding tert-OH is 1. The van der Waals surface area contributed by atoms with Crippen molar-refractivity contribution in [2.24, 2.45) is 0 Å². The van der Waals surface area contributed by atoms with E-state index in [9.17, 15) is 5.11 Å². The van der Waals surface area contributed by atoms with Crippen molar-refractivity contribution < 1.29 is 5.11 Å². The summed E-state index contributed by atoms with van der Waals surface area (Å²) >= 11 is 0. The Morgan fingerprint density at radius 2 is 2.00 bits per heavy atom. The van der Waals surface area contributed by atoms with Crippen LogP contribution in [0.15, 0.2) is 24.3 Å². The van der Waals surface area contributed by atoms with Crippen LogP contribution in [0.5, 0.6) is 0 Å². The maximum absolute atomic E-state index is 9.80. The van der Waals surface area contributed by atoms with Gasteiger partial charge in [-0.15, -0.1) is 0 Å². The molecule has 0 unspecified atom stereocenters. The van der Waals surface area contributed by atoms with E-state index < -0.39 is 0 Å². The lowest BCUT2D eigenvalue weighted by Gasteiger charge is -2.39. The molecule has 3 nitrogen and oxygen atoms in total. The fourth-order valence-electron chi connectivity index (χ4n) is 2.45. The number of anilines is 2. The largest absolute Gasteiger partial charge is 0.399 e. The predicted molar refractivity (Wildman–Crippen MR) is 67.5 cm³/mol. The monoisotopic (exact) mass is 220 g/mol. The van der Waals surface area contributed by atoms with Gasteiger partial charge < -0.3 is 15.7 Å². The lowest BCUT2D eigenvalue weighted by atomic mass is 9.97. The van der Waals surface area contributed by atoms with Gasteiger partial charge in [0.15, 0.2) is 0 Å². The molecule has 0 aliphatic carbocycles. The lowest BCUT2D eigenvalue weighted by Crippen LogP contribution is -2.45. The van der Waals surface area contributed by atoms with Crippen molar-refractivity contribution in [3.63, 3.8) is 0 Å². The van der Waals surface area contributed by atoms with Gasteiger partial charge in [-0.1, -0.05) is 0 Å². The van der Waals surface area contributed by atoms with E-state index in [0.29, 0.717) is 0 Å². The summed E-state index contributed by atoms with van der Waals surface area (Å²) in [4.78, 5) is 2.30. The van der Waals surface area contributed by atoms with E-state index >= 15 is 0 Å². The zero-order chi connectivity index (χ0) is 11.5. The van der Waals surface area contributed by atoms with Crippen molar-refractivity contribution in [2.45, 2.75) is 38.3 Å². The molecule has 3 heteroatoms. The number of benzene rings is 1. The molecule has 1 aromatic carbocycles. The Hall–Kier alpha value is -1.22. The summed E-state index contributed by atoms with van der Waals surface area (Å²) in [5.74, 6) is 0. The first kappa shape index (κ1) is 11.3. The van der Waals surface area contributed by atoms with E-state index in [1.165, 1.54) is 18.5 Å². The van der Waals surface area contributed by atoms with Crippen LogP contribution in [0.1, 0.15) is 26.2 Å². The number of aliphatic hydroxyl groups is 1. The molecule has 1 aliphatic heterocycles. The first-order valence-electron chi connectivity index (χ1n) is 5.99. The molecular formula is C13H20N2O. The minimum Gasteiger partial charge on any atom is -0.399 e. The SMILES string of the molecule is C[C@@H](O)[C@H]1CCCCN1c1ccc(N)cc1.